The van der Waals surface area contributed by atoms with E-state index in [0.717, 1.165) is 24.5 Å². The number of hydrogen-bond acceptors (Lipinski definition) is 5. The summed E-state index contributed by atoms with van der Waals surface area (Å²) in [5, 5.41) is 4.29. The first-order chi connectivity index (χ1) is 15.5. The van der Waals surface area contributed by atoms with Gasteiger partial charge < -0.3 is 20.3 Å². The number of carbonyl (C=O) groups is 2. The van der Waals surface area contributed by atoms with Crippen LogP contribution in [-0.4, -0.2) is 58.7 Å². The van der Waals surface area contributed by atoms with Gasteiger partial charge >= 0.3 is 18.2 Å². The zero-order valence-corrected chi connectivity index (χ0v) is 17.7. The lowest BCUT2D eigenvalue weighted by Gasteiger charge is -2.34. The largest absolute Gasteiger partial charge is 0.454 e. The molecule has 1 aliphatic rings. The molecule has 1 aromatic heterocycles. The highest BCUT2D eigenvalue weighted by Crippen LogP contribution is 2.30. The maximum atomic E-state index is 14.8. The van der Waals surface area contributed by atoms with E-state index in [1.165, 1.54) is 11.8 Å². The van der Waals surface area contributed by atoms with Crippen LogP contribution in [0.15, 0.2) is 24.5 Å². The lowest BCUT2D eigenvalue weighted by atomic mass is 10.0. The Morgan fingerprint density at radius 3 is 2.64 bits per heavy atom. The standard InChI is InChI=1S/C19H17ClF5N5O3/c1-9-16(31)26-4-5-30(9)18(32)29-15(11-2-3-12(21)13(20)14(11)22)10-6-27-17(28-7-10)33-8-19(23,24)25/h2-3,6-7,9,15H,4-5,8H2,1H3,(H,26,31)(H,29,32)/t9-,15-/m1/s1. The Labute approximate surface area is 189 Å². The minimum atomic E-state index is -4.61. The highest BCUT2D eigenvalue weighted by Gasteiger charge is 2.33. The first-order valence-corrected chi connectivity index (χ1v) is 9.85. The third kappa shape index (κ3) is 5.78. The predicted octanol–water partition coefficient (Wildman–Crippen LogP) is 2.97. The average molecular weight is 494 g/mol. The Hall–Kier alpha value is -3.22. The van der Waals surface area contributed by atoms with Crippen molar-refractivity contribution >= 4 is 23.5 Å². The van der Waals surface area contributed by atoms with Crippen molar-refractivity contribution in [2.45, 2.75) is 25.2 Å². The fourth-order valence-corrected chi connectivity index (χ4v) is 3.24. The number of aromatic nitrogens is 2. The molecule has 3 amide bonds. The minimum Gasteiger partial charge on any atom is -0.454 e. The molecule has 33 heavy (non-hydrogen) atoms. The third-order valence-electron chi connectivity index (χ3n) is 4.75. The van der Waals surface area contributed by atoms with Crippen LogP contribution < -0.4 is 15.4 Å². The molecule has 0 radical (unpaired) electrons. The van der Waals surface area contributed by atoms with Gasteiger partial charge in [0.2, 0.25) is 5.91 Å². The number of hydrogen-bond donors (Lipinski definition) is 2. The van der Waals surface area contributed by atoms with Crippen LogP contribution in [0.4, 0.5) is 26.7 Å². The van der Waals surface area contributed by atoms with Gasteiger partial charge in [-0.1, -0.05) is 17.7 Å². The zero-order valence-electron chi connectivity index (χ0n) is 16.9. The van der Waals surface area contributed by atoms with E-state index in [2.05, 4.69) is 25.3 Å². The molecule has 2 heterocycles. The number of benzene rings is 1. The van der Waals surface area contributed by atoms with Gasteiger partial charge in [0.25, 0.3) is 0 Å². The van der Waals surface area contributed by atoms with Crippen LogP contribution in [-0.2, 0) is 4.79 Å². The van der Waals surface area contributed by atoms with Gasteiger partial charge in [0.15, 0.2) is 6.61 Å². The molecule has 0 spiro atoms. The lowest BCUT2D eigenvalue weighted by molar-refractivity contribution is -0.154. The van der Waals surface area contributed by atoms with Gasteiger partial charge in [0.1, 0.15) is 22.7 Å². The third-order valence-corrected chi connectivity index (χ3v) is 5.10. The van der Waals surface area contributed by atoms with Crippen LogP contribution >= 0.6 is 11.6 Å². The molecule has 1 saturated heterocycles. The maximum Gasteiger partial charge on any atom is 0.422 e. The number of carbonyl (C=O) groups excluding carboxylic acids is 2. The van der Waals surface area contributed by atoms with E-state index in [1.807, 2.05) is 0 Å². The van der Waals surface area contributed by atoms with Crippen LogP contribution in [0.1, 0.15) is 24.1 Å². The van der Waals surface area contributed by atoms with Crippen LogP contribution in [0.25, 0.3) is 0 Å². The van der Waals surface area contributed by atoms with Crippen LogP contribution in [0, 0.1) is 11.6 Å². The molecule has 1 aliphatic heterocycles. The summed E-state index contributed by atoms with van der Waals surface area (Å²) < 4.78 is 69.8. The second-order valence-corrected chi connectivity index (χ2v) is 7.39. The summed E-state index contributed by atoms with van der Waals surface area (Å²) in [6.45, 7) is 0.239. The van der Waals surface area contributed by atoms with E-state index in [9.17, 15) is 31.5 Å². The molecule has 0 saturated carbocycles. The molecular weight excluding hydrogens is 477 g/mol. The highest BCUT2D eigenvalue weighted by atomic mass is 35.5. The molecule has 0 aliphatic carbocycles. The predicted molar refractivity (Wildman–Crippen MR) is 105 cm³/mol. The Kier molecular flexibility index (Phi) is 7.20. The number of nitrogens with one attached hydrogen (secondary N) is 2. The Bertz CT molecular complexity index is 1040. The lowest BCUT2D eigenvalue weighted by Crippen LogP contribution is -2.58. The normalized spacial score (nSPS) is 17.4. The molecule has 178 valence electrons. The van der Waals surface area contributed by atoms with E-state index < -0.39 is 59.5 Å². The van der Waals surface area contributed by atoms with E-state index in [1.54, 1.807) is 0 Å². The molecule has 8 nitrogen and oxygen atoms in total. The highest BCUT2D eigenvalue weighted by molar-refractivity contribution is 6.31. The smallest absolute Gasteiger partial charge is 0.422 e. The van der Waals surface area contributed by atoms with Crippen molar-refractivity contribution in [1.29, 1.82) is 0 Å². The van der Waals surface area contributed by atoms with Gasteiger partial charge in [-0.15, -0.1) is 0 Å². The quantitative estimate of drug-likeness (QED) is 0.493. The number of urea groups is 1. The summed E-state index contributed by atoms with van der Waals surface area (Å²) in [5.41, 5.74) is -0.213. The minimum absolute atomic E-state index is 0.0402. The number of piperazine rings is 1. The van der Waals surface area contributed by atoms with E-state index in [-0.39, 0.29) is 24.2 Å². The first-order valence-electron chi connectivity index (χ1n) is 9.47. The summed E-state index contributed by atoms with van der Waals surface area (Å²) in [5.74, 6) is -2.58. The molecule has 1 aromatic carbocycles. The van der Waals surface area contributed by atoms with Crippen molar-refractivity contribution in [3.8, 4) is 6.01 Å². The molecule has 2 atom stereocenters. The monoisotopic (exact) mass is 493 g/mol. The second-order valence-electron chi connectivity index (χ2n) is 7.01. The number of ether oxygens (including phenoxy) is 1. The second kappa shape index (κ2) is 9.73. The van der Waals surface area contributed by atoms with Crippen molar-refractivity contribution in [1.82, 2.24) is 25.5 Å². The molecule has 1 fully saturated rings. The molecule has 2 N–H and O–H groups in total. The van der Waals surface area contributed by atoms with Crippen LogP contribution in [0.3, 0.4) is 0 Å². The number of alkyl halides is 3. The summed E-state index contributed by atoms with van der Waals surface area (Å²) in [7, 11) is 0. The molecule has 14 heteroatoms. The van der Waals surface area contributed by atoms with Crippen LogP contribution in [0.2, 0.25) is 5.02 Å². The van der Waals surface area contributed by atoms with E-state index in [0.29, 0.717) is 0 Å². The van der Waals surface area contributed by atoms with Gasteiger partial charge in [-0.05, 0) is 13.0 Å². The number of rotatable bonds is 5. The van der Waals surface area contributed by atoms with Crippen molar-refractivity contribution in [3.05, 3.63) is 52.3 Å². The van der Waals surface area contributed by atoms with Gasteiger partial charge in [-0.3, -0.25) is 4.79 Å². The van der Waals surface area contributed by atoms with Gasteiger partial charge in [0, 0.05) is 36.6 Å². The number of halogens is 6. The molecule has 0 bridgehead atoms. The van der Waals surface area contributed by atoms with Crippen molar-refractivity contribution in [2.75, 3.05) is 19.7 Å². The zero-order chi connectivity index (χ0) is 24.3. The van der Waals surface area contributed by atoms with Gasteiger partial charge in [-0.2, -0.15) is 13.2 Å². The van der Waals surface area contributed by atoms with Crippen molar-refractivity contribution in [2.24, 2.45) is 0 Å². The molecule has 0 unspecified atom stereocenters. The summed E-state index contributed by atoms with van der Waals surface area (Å²) >= 11 is 5.67. The maximum absolute atomic E-state index is 14.8. The van der Waals surface area contributed by atoms with Crippen molar-refractivity contribution in [3.63, 3.8) is 0 Å². The summed E-state index contributed by atoms with van der Waals surface area (Å²) in [6, 6.07) is -1.56. The van der Waals surface area contributed by atoms with Crippen molar-refractivity contribution < 1.29 is 36.3 Å². The van der Waals surface area contributed by atoms with Crippen LogP contribution in [0.5, 0.6) is 6.01 Å². The topological polar surface area (TPSA) is 96.5 Å². The molecular formula is C19H17ClF5N5O3. The Morgan fingerprint density at radius 2 is 2.00 bits per heavy atom. The van der Waals surface area contributed by atoms with E-state index >= 15 is 0 Å². The van der Waals surface area contributed by atoms with Gasteiger partial charge in [-0.25, -0.2) is 23.5 Å². The number of nitrogens with zero attached hydrogens (tertiary/aromatic N) is 3. The Balaban J connectivity index is 1.92. The summed E-state index contributed by atoms with van der Waals surface area (Å²) in [4.78, 5) is 33.3. The fraction of sp³-hybridized carbons (Fsp3) is 0.368. The van der Waals surface area contributed by atoms with Gasteiger partial charge in [0.05, 0.1) is 6.04 Å². The molecule has 2 aromatic rings. The molecule has 3 rings (SSSR count). The SMILES string of the molecule is C[C@@H]1C(=O)NCCN1C(=O)N[C@H](c1cnc(OCC(F)(F)F)nc1)c1ccc(F)c(Cl)c1F. The first kappa shape index (κ1) is 24.4. The Morgan fingerprint density at radius 1 is 1.33 bits per heavy atom. The average Bonchev–Trinajstić information content (AvgIpc) is 2.76. The number of amides is 3. The van der Waals surface area contributed by atoms with E-state index in [4.69, 9.17) is 11.6 Å². The summed E-state index contributed by atoms with van der Waals surface area (Å²) in [6.07, 6.45) is -2.57. The fourth-order valence-electron chi connectivity index (χ4n) is 3.07.